The summed E-state index contributed by atoms with van der Waals surface area (Å²) in [5.74, 6) is 1.47. The summed E-state index contributed by atoms with van der Waals surface area (Å²) in [7, 11) is 0. The largest absolute Gasteiger partial charge is 0.422 e. The highest BCUT2D eigenvalue weighted by Crippen LogP contribution is 2.35. The third-order valence-corrected chi connectivity index (χ3v) is 7.10. The lowest BCUT2D eigenvalue weighted by molar-refractivity contribution is 0.334. The third-order valence-electron chi connectivity index (χ3n) is 7.10. The van der Waals surface area contributed by atoms with Crippen LogP contribution in [0, 0.1) is 25.7 Å². The van der Waals surface area contributed by atoms with Crippen LogP contribution in [0.2, 0.25) is 0 Å². The summed E-state index contributed by atoms with van der Waals surface area (Å²) < 4.78 is 7.69. The van der Waals surface area contributed by atoms with Crippen LogP contribution in [0.4, 0.5) is 5.69 Å². The molecule has 2 saturated heterocycles. The second-order valence-corrected chi connectivity index (χ2v) is 9.27. The number of imidazole rings is 1. The Balaban J connectivity index is 1.33. The Bertz CT molecular complexity index is 1390. The van der Waals surface area contributed by atoms with Gasteiger partial charge in [-0.3, -0.25) is 4.98 Å². The molecule has 3 aromatic heterocycles. The maximum absolute atomic E-state index is 12.9. The van der Waals surface area contributed by atoms with Gasteiger partial charge in [-0.15, -0.1) is 0 Å². The predicted molar refractivity (Wildman–Crippen MR) is 125 cm³/mol. The van der Waals surface area contributed by atoms with E-state index in [9.17, 15) is 4.79 Å². The first-order valence-electron chi connectivity index (χ1n) is 11.4. The fourth-order valence-corrected chi connectivity index (χ4v) is 5.47. The number of hydrogen-bond acceptors (Lipinski definition) is 6. The van der Waals surface area contributed by atoms with Crippen molar-refractivity contribution in [1.29, 1.82) is 0 Å². The first-order valence-corrected chi connectivity index (χ1v) is 11.4. The van der Waals surface area contributed by atoms with Crippen molar-refractivity contribution >= 4 is 22.3 Å². The maximum Gasteiger partial charge on any atom is 0.345 e. The Kier molecular flexibility index (Phi) is 4.37. The van der Waals surface area contributed by atoms with E-state index >= 15 is 0 Å². The fraction of sp³-hybridized carbons (Fsp3) is 0.400. The van der Waals surface area contributed by atoms with E-state index in [1.54, 1.807) is 0 Å². The van der Waals surface area contributed by atoms with Crippen molar-refractivity contribution in [2.75, 3.05) is 37.6 Å². The highest BCUT2D eigenvalue weighted by Gasteiger charge is 2.39. The molecule has 2 aliphatic heterocycles. The molecule has 5 heterocycles. The summed E-state index contributed by atoms with van der Waals surface area (Å²) in [6.07, 6.45) is 3.78. The van der Waals surface area contributed by atoms with Crippen LogP contribution < -0.4 is 10.5 Å². The van der Waals surface area contributed by atoms with E-state index in [0.29, 0.717) is 16.8 Å². The van der Waals surface area contributed by atoms with E-state index in [1.165, 1.54) is 13.1 Å². The summed E-state index contributed by atoms with van der Waals surface area (Å²) in [6, 6.07) is 8.10. The minimum absolute atomic E-state index is 0.364. The highest BCUT2D eigenvalue weighted by atomic mass is 16.4. The zero-order chi connectivity index (χ0) is 22.0. The van der Waals surface area contributed by atoms with Gasteiger partial charge in [0.05, 0.1) is 22.6 Å². The molecule has 0 saturated carbocycles. The molecule has 1 aromatic carbocycles. The predicted octanol–water partition coefficient (Wildman–Crippen LogP) is 3.51. The number of aryl methyl sites for hydroxylation is 2. The van der Waals surface area contributed by atoms with Crippen molar-refractivity contribution in [3.05, 3.63) is 58.5 Å². The molecule has 0 spiro atoms. The Hall–Kier alpha value is -3.19. The number of aromatic nitrogens is 3. The maximum atomic E-state index is 12.9. The lowest BCUT2D eigenvalue weighted by Gasteiger charge is -2.22. The monoisotopic (exact) mass is 429 g/mol. The summed E-state index contributed by atoms with van der Waals surface area (Å²) in [5.41, 5.74) is 4.97. The van der Waals surface area contributed by atoms with Crippen LogP contribution in [-0.2, 0) is 0 Å². The van der Waals surface area contributed by atoms with Crippen LogP contribution >= 0.6 is 0 Å². The summed E-state index contributed by atoms with van der Waals surface area (Å²) >= 11 is 0. The van der Waals surface area contributed by atoms with Crippen LogP contribution in [0.1, 0.15) is 18.3 Å². The van der Waals surface area contributed by atoms with E-state index < -0.39 is 0 Å². The van der Waals surface area contributed by atoms with Gasteiger partial charge in [0.15, 0.2) is 5.65 Å². The minimum atomic E-state index is -0.364. The fourth-order valence-electron chi connectivity index (χ4n) is 5.47. The number of anilines is 1. The second-order valence-electron chi connectivity index (χ2n) is 9.27. The minimum Gasteiger partial charge on any atom is -0.422 e. The molecule has 2 aliphatic rings. The number of benzene rings is 1. The van der Waals surface area contributed by atoms with Crippen LogP contribution in [0.15, 0.2) is 45.9 Å². The quantitative estimate of drug-likeness (QED) is 0.465. The Morgan fingerprint density at radius 3 is 2.56 bits per heavy atom. The van der Waals surface area contributed by atoms with Crippen molar-refractivity contribution in [3.8, 4) is 11.3 Å². The standard InChI is InChI=1S/C25H27N5O2/c1-4-28-10-18-12-29(13-19(18)11-28)20-6-5-17-7-21(25(31)32-23(17)8-20)22-14-30-9-15(2)26-16(3)24(30)27-22/h5-9,14,18-19H,4,10-13H2,1-3H3. The molecule has 0 amide bonds. The van der Waals surface area contributed by atoms with Gasteiger partial charge in [-0.1, -0.05) is 6.92 Å². The van der Waals surface area contributed by atoms with Crippen molar-refractivity contribution < 1.29 is 4.42 Å². The highest BCUT2D eigenvalue weighted by molar-refractivity contribution is 5.84. The van der Waals surface area contributed by atoms with E-state index in [0.717, 1.165) is 59.6 Å². The molecule has 4 aromatic rings. The third kappa shape index (κ3) is 3.11. The molecule has 7 heteroatoms. The molecule has 2 fully saturated rings. The zero-order valence-electron chi connectivity index (χ0n) is 18.7. The van der Waals surface area contributed by atoms with Gasteiger partial charge in [0.1, 0.15) is 5.58 Å². The van der Waals surface area contributed by atoms with Crippen molar-refractivity contribution in [2.45, 2.75) is 20.8 Å². The van der Waals surface area contributed by atoms with Crippen LogP contribution in [0.25, 0.3) is 27.9 Å². The van der Waals surface area contributed by atoms with E-state index in [4.69, 9.17) is 4.42 Å². The number of fused-ring (bicyclic) bond motifs is 3. The molecule has 164 valence electrons. The van der Waals surface area contributed by atoms with Crippen LogP contribution in [0.3, 0.4) is 0 Å². The van der Waals surface area contributed by atoms with E-state index in [-0.39, 0.29) is 5.63 Å². The molecule has 2 atom stereocenters. The lowest BCUT2D eigenvalue weighted by atomic mass is 10.0. The van der Waals surface area contributed by atoms with Gasteiger partial charge < -0.3 is 18.6 Å². The number of likely N-dealkylation sites (tertiary alicyclic amines) is 1. The van der Waals surface area contributed by atoms with E-state index in [2.05, 4.69) is 38.8 Å². The molecule has 0 N–H and O–H groups in total. The van der Waals surface area contributed by atoms with Gasteiger partial charge in [0.2, 0.25) is 0 Å². The van der Waals surface area contributed by atoms with Crippen LogP contribution in [0.5, 0.6) is 0 Å². The van der Waals surface area contributed by atoms with Gasteiger partial charge in [-0.05, 0) is 50.4 Å². The van der Waals surface area contributed by atoms with E-state index in [1.807, 2.05) is 42.8 Å². The SMILES string of the molecule is CCN1CC2CN(c3ccc4cc(-c5cn6cc(C)nc(C)c6n5)c(=O)oc4c3)CC2C1. The zero-order valence-corrected chi connectivity index (χ0v) is 18.7. The molecular weight excluding hydrogens is 402 g/mol. The van der Waals surface area contributed by atoms with Crippen molar-refractivity contribution in [3.63, 3.8) is 0 Å². The smallest absolute Gasteiger partial charge is 0.345 e. The van der Waals surface area contributed by atoms with Gasteiger partial charge >= 0.3 is 5.63 Å². The lowest BCUT2D eigenvalue weighted by Crippen LogP contribution is -2.28. The molecule has 6 rings (SSSR count). The van der Waals surface area contributed by atoms with Gasteiger partial charge in [0.25, 0.3) is 0 Å². The Morgan fingerprint density at radius 1 is 1.03 bits per heavy atom. The first-order chi connectivity index (χ1) is 15.5. The average Bonchev–Trinajstić information content (AvgIpc) is 3.45. The molecule has 32 heavy (non-hydrogen) atoms. The Labute approximate surface area is 186 Å². The van der Waals surface area contributed by atoms with Crippen molar-refractivity contribution in [2.24, 2.45) is 11.8 Å². The molecule has 7 nitrogen and oxygen atoms in total. The molecule has 0 radical (unpaired) electrons. The van der Waals surface area contributed by atoms with Gasteiger partial charge in [-0.25, -0.2) is 9.78 Å². The number of hydrogen-bond donors (Lipinski definition) is 0. The summed E-state index contributed by atoms with van der Waals surface area (Å²) in [5, 5.41) is 0.906. The normalized spacial score (nSPS) is 21.2. The number of rotatable bonds is 3. The van der Waals surface area contributed by atoms with Gasteiger partial charge in [0, 0.05) is 55.7 Å². The van der Waals surface area contributed by atoms with Crippen LogP contribution in [-0.4, -0.2) is 52.0 Å². The molecule has 2 unspecified atom stereocenters. The number of nitrogens with zero attached hydrogens (tertiary/aromatic N) is 5. The summed E-state index contributed by atoms with van der Waals surface area (Å²) in [4.78, 5) is 27.0. The molecular formula is C25H27N5O2. The van der Waals surface area contributed by atoms with Crippen molar-refractivity contribution in [1.82, 2.24) is 19.3 Å². The topological polar surface area (TPSA) is 66.9 Å². The second kappa shape index (κ2) is 7.17. The molecule has 0 aliphatic carbocycles. The molecule has 0 bridgehead atoms. The average molecular weight is 430 g/mol. The van der Waals surface area contributed by atoms with Gasteiger partial charge in [-0.2, -0.15) is 0 Å². The Morgan fingerprint density at radius 2 is 1.81 bits per heavy atom. The first kappa shape index (κ1) is 19.5. The summed E-state index contributed by atoms with van der Waals surface area (Å²) in [6.45, 7) is 11.8.